The molecule has 0 unspecified atom stereocenters. The molecule has 1 heterocycles. The summed E-state index contributed by atoms with van der Waals surface area (Å²) < 4.78 is 0. The molecule has 0 atom stereocenters. The first kappa shape index (κ1) is 18.9. The van der Waals surface area contributed by atoms with Crippen LogP contribution in [0.15, 0.2) is 0 Å². The highest BCUT2D eigenvalue weighted by Crippen LogP contribution is 2.14. The molecule has 0 aliphatic carbocycles. The summed E-state index contributed by atoms with van der Waals surface area (Å²) in [6, 6.07) is 0.824. The Kier molecular flexibility index (Phi) is 12.8. The number of piperidine rings is 1. The van der Waals surface area contributed by atoms with Crippen LogP contribution in [0.5, 0.6) is 0 Å². The van der Waals surface area contributed by atoms with E-state index in [9.17, 15) is 0 Å². The lowest BCUT2D eigenvalue weighted by molar-refractivity contribution is 0.131. The van der Waals surface area contributed by atoms with Crippen LogP contribution in [0.1, 0.15) is 54.8 Å². The van der Waals surface area contributed by atoms with E-state index in [1.54, 1.807) is 0 Å². The van der Waals surface area contributed by atoms with Crippen LogP contribution < -0.4 is 5.32 Å². The average molecular weight is 274 g/mol. The second kappa shape index (κ2) is 12.9. The summed E-state index contributed by atoms with van der Waals surface area (Å²) >= 11 is 0. The van der Waals surface area contributed by atoms with E-state index in [0.29, 0.717) is 0 Å². The van der Waals surface area contributed by atoms with Crippen LogP contribution in [0.2, 0.25) is 0 Å². The Balaban J connectivity index is 0. The smallest absolute Gasteiger partial charge is 0.0117 e. The highest BCUT2D eigenvalue weighted by Gasteiger charge is 2.20. The molecule has 0 radical (unpaired) electrons. The molecule has 118 valence electrons. The molecular weight excluding hydrogens is 234 g/mol. The van der Waals surface area contributed by atoms with Crippen molar-refractivity contribution in [1.82, 2.24) is 15.1 Å². The fourth-order valence-electron chi connectivity index (χ4n) is 2.49. The van der Waals surface area contributed by atoms with E-state index >= 15 is 0 Å². The number of hydrogen-bond donors (Lipinski definition) is 1. The number of likely N-dealkylation sites (tertiary alicyclic amines) is 1. The largest absolute Gasteiger partial charge is 0.317 e. The fourth-order valence-corrected chi connectivity index (χ4v) is 2.49. The zero-order valence-corrected chi connectivity index (χ0v) is 14.0. The third-order valence-corrected chi connectivity index (χ3v) is 3.74. The van der Waals surface area contributed by atoms with Crippen molar-refractivity contribution in [3.63, 3.8) is 0 Å². The van der Waals surface area contributed by atoms with Gasteiger partial charge in [-0.3, -0.25) is 0 Å². The monoisotopic (exact) mass is 273 g/mol. The maximum atomic E-state index is 3.39. The van der Waals surface area contributed by atoms with Crippen LogP contribution in [0.3, 0.4) is 0 Å². The minimum atomic E-state index is 0. The van der Waals surface area contributed by atoms with Crippen LogP contribution in [-0.2, 0) is 0 Å². The maximum absolute atomic E-state index is 3.39. The fraction of sp³-hybridized carbons (Fsp3) is 1.00. The van der Waals surface area contributed by atoms with Crippen molar-refractivity contribution >= 4 is 0 Å². The van der Waals surface area contributed by atoms with Crippen LogP contribution in [-0.4, -0.2) is 62.2 Å². The molecule has 1 saturated heterocycles. The quantitative estimate of drug-likeness (QED) is 0.719. The predicted molar refractivity (Wildman–Crippen MR) is 89.0 cm³/mol. The van der Waals surface area contributed by atoms with E-state index in [-0.39, 0.29) is 1.43 Å². The van der Waals surface area contributed by atoms with Gasteiger partial charge < -0.3 is 15.1 Å². The van der Waals surface area contributed by atoms with Crippen molar-refractivity contribution in [2.45, 2.75) is 59.4 Å². The van der Waals surface area contributed by atoms with E-state index in [1.165, 1.54) is 51.9 Å². The van der Waals surface area contributed by atoms with E-state index in [2.05, 4.69) is 49.9 Å². The summed E-state index contributed by atoms with van der Waals surface area (Å²) in [6.45, 7) is 16.0. The summed E-state index contributed by atoms with van der Waals surface area (Å²) in [4.78, 5) is 5.12. The Morgan fingerprint density at radius 3 is 2.21 bits per heavy atom. The van der Waals surface area contributed by atoms with Gasteiger partial charge in [-0.2, -0.15) is 0 Å². The van der Waals surface area contributed by atoms with Gasteiger partial charge in [0.1, 0.15) is 0 Å². The van der Waals surface area contributed by atoms with Crippen molar-refractivity contribution in [2.75, 3.05) is 46.3 Å². The topological polar surface area (TPSA) is 18.5 Å². The van der Waals surface area contributed by atoms with Crippen LogP contribution in [0.25, 0.3) is 0 Å². The molecule has 1 rings (SSSR count). The standard InChI is InChI=1S/C13H29N3.C3H8.H2/c1-4-14-9-6-10-15(3)13-7-11-16(5-2)12-8-13;1-3-2;/h13-14H,4-12H2,1-3H3;3H2,1-2H3;1H. The molecule has 0 spiro atoms. The molecule has 0 bridgehead atoms. The third-order valence-electron chi connectivity index (χ3n) is 3.74. The van der Waals surface area contributed by atoms with E-state index in [4.69, 9.17) is 0 Å². The molecule has 3 heteroatoms. The zero-order valence-electron chi connectivity index (χ0n) is 14.0. The zero-order chi connectivity index (χ0) is 14.5. The SMILES string of the molecule is CCC.CCNCCCN(C)C1CCN(CC)CC1.[HH]. The lowest BCUT2D eigenvalue weighted by Crippen LogP contribution is -2.43. The first-order chi connectivity index (χ1) is 9.19. The van der Waals surface area contributed by atoms with E-state index < -0.39 is 0 Å². The van der Waals surface area contributed by atoms with Gasteiger partial charge in [-0.15, -0.1) is 0 Å². The van der Waals surface area contributed by atoms with Gasteiger partial charge in [0.25, 0.3) is 0 Å². The number of rotatable bonds is 7. The van der Waals surface area contributed by atoms with Crippen LogP contribution in [0, 0.1) is 0 Å². The van der Waals surface area contributed by atoms with Crippen molar-refractivity contribution in [3.05, 3.63) is 0 Å². The Morgan fingerprint density at radius 2 is 1.74 bits per heavy atom. The van der Waals surface area contributed by atoms with Crippen molar-refractivity contribution in [3.8, 4) is 0 Å². The summed E-state index contributed by atoms with van der Waals surface area (Å²) in [5.74, 6) is 0. The minimum absolute atomic E-state index is 0. The predicted octanol–water partition coefficient (Wildman–Crippen LogP) is 3.06. The molecule has 1 fully saturated rings. The first-order valence-corrected chi connectivity index (χ1v) is 8.32. The molecule has 0 aromatic carbocycles. The Hall–Kier alpha value is -0.120. The van der Waals surface area contributed by atoms with Gasteiger partial charge in [0.05, 0.1) is 0 Å². The van der Waals surface area contributed by atoms with Gasteiger partial charge in [0.15, 0.2) is 0 Å². The van der Waals surface area contributed by atoms with Gasteiger partial charge in [-0.1, -0.05) is 34.1 Å². The normalized spacial score (nSPS) is 17.4. The number of nitrogens with zero attached hydrogens (tertiary/aromatic N) is 2. The van der Waals surface area contributed by atoms with E-state index in [0.717, 1.165) is 19.1 Å². The summed E-state index contributed by atoms with van der Waals surface area (Å²) in [6.07, 6.45) is 5.23. The summed E-state index contributed by atoms with van der Waals surface area (Å²) in [7, 11) is 2.29. The number of hydrogen-bond acceptors (Lipinski definition) is 3. The van der Waals surface area contributed by atoms with Gasteiger partial charge in [0.2, 0.25) is 0 Å². The van der Waals surface area contributed by atoms with Gasteiger partial charge in [0, 0.05) is 7.47 Å². The molecule has 19 heavy (non-hydrogen) atoms. The molecule has 0 amide bonds. The summed E-state index contributed by atoms with van der Waals surface area (Å²) in [5, 5.41) is 3.39. The van der Waals surface area contributed by atoms with Crippen molar-refractivity contribution in [1.29, 1.82) is 0 Å². The second-order valence-corrected chi connectivity index (χ2v) is 5.56. The highest BCUT2D eigenvalue weighted by molar-refractivity contribution is 4.77. The molecule has 0 aromatic rings. The van der Waals surface area contributed by atoms with Crippen molar-refractivity contribution < 1.29 is 1.43 Å². The second-order valence-electron chi connectivity index (χ2n) is 5.56. The maximum Gasteiger partial charge on any atom is 0.0117 e. The summed E-state index contributed by atoms with van der Waals surface area (Å²) in [5.41, 5.74) is 0. The minimum Gasteiger partial charge on any atom is -0.317 e. The Bertz CT molecular complexity index is 183. The highest BCUT2D eigenvalue weighted by atomic mass is 15.2. The molecule has 1 aliphatic rings. The first-order valence-electron chi connectivity index (χ1n) is 8.32. The molecule has 0 aromatic heterocycles. The van der Waals surface area contributed by atoms with E-state index in [1.807, 2.05) is 0 Å². The average Bonchev–Trinajstić information content (AvgIpc) is 2.44. The van der Waals surface area contributed by atoms with Gasteiger partial charge in [-0.25, -0.2) is 0 Å². The molecule has 0 saturated carbocycles. The van der Waals surface area contributed by atoms with Crippen LogP contribution in [0.4, 0.5) is 0 Å². The Morgan fingerprint density at radius 1 is 1.16 bits per heavy atom. The lowest BCUT2D eigenvalue weighted by atomic mass is 10.0. The molecule has 1 aliphatic heterocycles. The molecule has 3 nitrogen and oxygen atoms in total. The molecular formula is C16H39N3. The third kappa shape index (κ3) is 9.42. The lowest BCUT2D eigenvalue weighted by Gasteiger charge is -2.36. The van der Waals surface area contributed by atoms with Crippen molar-refractivity contribution in [2.24, 2.45) is 0 Å². The molecule has 1 N–H and O–H groups in total. The Labute approximate surface area is 123 Å². The number of nitrogens with one attached hydrogen (secondary N) is 1. The van der Waals surface area contributed by atoms with Crippen LogP contribution >= 0.6 is 0 Å². The van der Waals surface area contributed by atoms with Gasteiger partial charge >= 0.3 is 0 Å². The van der Waals surface area contributed by atoms with Gasteiger partial charge in [-0.05, 0) is 65.6 Å².